The highest BCUT2D eigenvalue weighted by atomic mass is 32.2. The number of piperazine rings is 1. The van der Waals surface area contributed by atoms with Crippen LogP contribution in [0.25, 0.3) is 5.69 Å². The first-order valence-corrected chi connectivity index (χ1v) is 10.5. The summed E-state index contributed by atoms with van der Waals surface area (Å²) in [7, 11) is 0. The Labute approximate surface area is 165 Å². The predicted molar refractivity (Wildman–Crippen MR) is 106 cm³/mol. The molecule has 1 atom stereocenters. The zero-order chi connectivity index (χ0) is 19.4. The number of likely N-dealkylation sites (N-methyl/N-ethyl adjacent to an activating group) is 1. The maximum atomic E-state index is 12.8. The number of nitrogens with zero attached hydrogens (tertiary/aromatic N) is 5. The monoisotopic (exact) mass is 389 g/mol. The summed E-state index contributed by atoms with van der Waals surface area (Å²) in [4.78, 5) is 16.3. The molecule has 8 heteroatoms. The molecule has 1 fully saturated rings. The standard InChI is InChI=1S/C19H28N6OS/c1-5-23-10-12-24(13-11-23)18(26)15(4)27-19-20-21-22-25(19)17-8-6-16(7-9-17)14(2)3/h6-9,14-15H,5,10-13H2,1-4H3/p+1/t15-/m0/s1. The zero-order valence-electron chi connectivity index (χ0n) is 16.6. The normalized spacial score (nSPS) is 16.7. The second-order valence-corrected chi connectivity index (χ2v) is 8.62. The van der Waals surface area contributed by atoms with Crippen LogP contribution in [0, 0.1) is 0 Å². The molecular weight excluding hydrogens is 360 g/mol. The van der Waals surface area contributed by atoms with Gasteiger partial charge in [0.1, 0.15) is 0 Å². The Morgan fingerprint density at radius 2 is 1.85 bits per heavy atom. The lowest BCUT2D eigenvalue weighted by atomic mass is 10.0. The number of hydrogen-bond donors (Lipinski definition) is 1. The van der Waals surface area contributed by atoms with Crippen molar-refractivity contribution in [1.82, 2.24) is 25.1 Å². The average Bonchev–Trinajstić information content (AvgIpc) is 3.15. The first-order valence-electron chi connectivity index (χ1n) is 9.67. The van der Waals surface area contributed by atoms with Gasteiger partial charge in [-0.05, 0) is 47.9 Å². The summed E-state index contributed by atoms with van der Waals surface area (Å²) in [5.74, 6) is 0.647. The minimum Gasteiger partial charge on any atom is -0.332 e. The van der Waals surface area contributed by atoms with E-state index in [4.69, 9.17) is 0 Å². The van der Waals surface area contributed by atoms with Crippen LogP contribution in [0.15, 0.2) is 29.4 Å². The second-order valence-electron chi connectivity index (χ2n) is 7.31. The van der Waals surface area contributed by atoms with Gasteiger partial charge in [-0.15, -0.1) is 5.10 Å². The first kappa shape index (κ1) is 19.8. The van der Waals surface area contributed by atoms with E-state index in [2.05, 4.69) is 48.4 Å². The van der Waals surface area contributed by atoms with E-state index in [0.29, 0.717) is 11.1 Å². The lowest BCUT2D eigenvalue weighted by Crippen LogP contribution is -3.14. The first-order chi connectivity index (χ1) is 13.0. The van der Waals surface area contributed by atoms with Gasteiger partial charge in [-0.3, -0.25) is 4.79 Å². The molecule has 1 aliphatic heterocycles. The fourth-order valence-corrected chi connectivity index (χ4v) is 4.17. The van der Waals surface area contributed by atoms with Crippen molar-refractivity contribution in [2.45, 2.75) is 44.0 Å². The Morgan fingerprint density at radius 3 is 2.44 bits per heavy atom. The van der Waals surface area contributed by atoms with Crippen molar-refractivity contribution in [3.8, 4) is 5.69 Å². The van der Waals surface area contributed by atoms with Crippen molar-refractivity contribution in [3.05, 3.63) is 29.8 Å². The van der Waals surface area contributed by atoms with Crippen LogP contribution in [0.5, 0.6) is 0 Å². The molecule has 0 unspecified atom stereocenters. The summed E-state index contributed by atoms with van der Waals surface area (Å²) in [5, 5.41) is 12.5. The van der Waals surface area contributed by atoms with Gasteiger partial charge >= 0.3 is 0 Å². The molecule has 2 aromatic rings. The van der Waals surface area contributed by atoms with E-state index < -0.39 is 0 Å². The van der Waals surface area contributed by atoms with Crippen molar-refractivity contribution in [2.75, 3.05) is 32.7 Å². The number of benzene rings is 1. The van der Waals surface area contributed by atoms with Gasteiger partial charge in [-0.25, -0.2) is 0 Å². The number of amides is 1. The molecule has 1 aliphatic rings. The molecule has 1 saturated heterocycles. The lowest BCUT2D eigenvalue weighted by Gasteiger charge is -2.32. The molecule has 146 valence electrons. The maximum Gasteiger partial charge on any atom is 0.236 e. The molecule has 0 radical (unpaired) electrons. The van der Waals surface area contributed by atoms with E-state index in [1.807, 2.05) is 24.0 Å². The summed E-state index contributed by atoms with van der Waals surface area (Å²) in [6.45, 7) is 13.3. The molecule has 1 N–H and O–H groups in total. The van der Waals surface area contributed by atoms with E-state index in [9.17, 15) is 4.79 Å². The fourth-order valence-electron chi connectivity index (χ4n) is 3.28. The number of rotatable bonds is 6. The molecule has 1 amide bonds. The number of tetrazole rings is 1. The molecule has 27 heavy (non-hydrogen) atoms. The molecule has 1 aromatic heterocycles. The number of carbonyl (C=O) groups is 1. The molecule has 2 heterocycles. The summed E-state index contributed by atoms with van der Waals surface area (Å²) < 4.78 is 1.71. The number of carbonyl (C=O) groups excluding carboxylic acids is 1. The van der Waals surface area contributed by atoms with Gasteiger partial charge in [0.25, 0.3) is 0 Å². The van der Waals surface area contributed by atoms with E-state index >= 15 is 0 Å². The third-order valence-electron chi connectivity index (χ3n) is 5.16. The SMILES string of the molecule is CC[NH+]1CCN(C(=O)[C@H](C)Sc2nnnn2-c2ccc(C(C)C)cc2)CC1. The van der Waals surface area contributed by atoms with Crippen molar-refractivity contribution < 1.29 is 9.69 Å². The quantitative estimate of drug-likeness (QED) is 0.747. The third kappa shape index (κ3) is 4.68. The summed E-state index contributed by atoms with van der Waals surface area (Å²) in [6.07, 6.45) is 0. The van der Waals surface area contributed by atoms with E-state index in [1.54, 1.807) is 9.58 Å². The Bertz CT molecular complexity index is 752. The van der Waals surface area contributed by atoms with Crippen LogP contribution < -0.4 is 4.90 Å². The van der Waals surface area contributed by atoms with Crippen LogP contribution in [0.4, 0.5) is 0 Å². The summed E-state index contributed by atoms with van der Waals surface area (Å²) in [6, 6.07) is 8.24. The minimum atomic E-state index is -0.215. The second kappa shape index (κ2) is 8.84. The zero-order valence-corrected chi connectivity index (χ0v) is 17.4. The predicted octanol–water partition coefficient (Wildman–Crippen LogP) is 1.01. The molecular formula is C19H29N6OS+. The average molecular weight is 390 g/mol. The Kier molecular flexibility index (Phi) is 6.49. The van der Waals surface area contributed by atoms with Gasteiger partial charge in [0.05, 0.1) is 43.7 Å². The highest BCUT2D eigenvalue weighted by molar-refractivity contribution is 8.00. The number of nitrogens with one attached hydrogen (secondary N) is 1. The Morgan fingerprint density at radius 1 is 1.19 bits per heavy atom. The topological polar surface area (TPSA) is 68.3 Å². The fraction of sp³-hybridized carbons (Fsp3) is 0.579. The highest BCUT2D eigenvalue weighted by Gasteiger charge is 2.28. The smallest absolute Gasteiger partial charge is 0.236 e. The minimum absolute atomic E-state index is 0.167. The van der Waals surface area contributed by atoms with Crippen LogP contribution >= 0.6 is 11.8 Å². The number of hydrogen-bond acceptors (Lipinski definition) is 5. The van der Waals surface area contributed by atoms with Crippen LogP contribution in [0.1, 0.15) is 39.2 Å². The molecule has 1 aromatic carbocycles. The Hall–Kier alpha value is -1.93. The largest absolute Gasteiger partial charge is 0.332 e. The Balaban J connectivity index is 1.66. The maximum absolute atomic E-state index is 12.8. The highest BCUT2D eigenvalue weighted by Crippen LogP contribution is 2.25. The van der Waals surface area contributed by atoms with E-state index in [1.165, 1.54) is 17.3 Å². The van der Waals surface area contributed by atoms with Crippen molar-refractivity contribution in [1.29, 1.82) is 0 Å². The van der Waals surface area contributed by atoms with Gasteiger partial charge in [-0.1, -0.05) is 37.7 Å². The van der Waals surface area contributed by atoms with Gasteiger partial charge in [0, 0.05) is 0 Å². The van der Waals surface area contributed by atoms with Crippen LogP contribution in [0.2, 0.25) is 0 Å². The van der Waals surface area contributed by atoms with Crippen LogP contribution in [0.3, 0.4) is 0 Å². The van der Waals surface area contributed by atoms with Gasteiger partial charge in [0.15, 0.2) is 0 Å². The van der Waals surface area contributed by atoms with Crippen LogP contribution in [-0.4, -0.2) is 69.0 Å². The number of aromatic nitrogens is 4. The molecule has 0 bridgehead atoms. The molecule has 0 aliphatic carbocycles. The number of quaternary nitrogens is 1. The van der Waals surface area contributed by atoms with Crippen molar-refractivity contribution in [3.63, 3.8) is 0 Å². The molecule has 0 spiro atoms. The third-order valence-corrected chi connectivity index (χ3v) is 6.18. The molecule has 7 nitrogen and oxygen atoms in total. The van der Waals surface area contributed by atoms with Gasteiger partial charge in [0.2, 0.25) is 11.1 Å². The number of thioether (sulfide) groups is 1. The van der Waals surface area contributed by atoms with E-state index in [-0.39, 0.29) is 11.2 Å². The molecule has 0 saturated carbocycles. The van der Waals surface area contributed by atoms with Gasteiger partial charge < -0.3 is 9.80 Å². The van der Waals surface area contributed by atoms with Gasteiger partial charge in [-0.2, -0.15) is 4.68 Å². The van der Waals surface area contributed by atoms with Crippen LogP contribution in [-0.2, 0) is 4.79 Å². The van der Waals surface area contributed by atoms with Crippen molar-refractivity contribution in [2.24, 2.45) is 0 Å². The molecule has 3 rings (SSSR count). The summed E-state index contributed by atoms with van der Waals surface area (Å²) >= 11 is 1.42. The lowest BCUT2D eigenvalue weighted by molar-refractivity contribution is -0.902. The van der Waals surface area contributed by atoms with Crippen molar-refractivity contribution >= 4 is 17.7 Å². The van der Waals surface area contributed by atoms with E-state index in [0.717, 1.165) is 38.4 Å². The summed E-state index contributed by atoms with van der Waals surface area (Å²) in [5.41, 5.74) is 2.18.